The topological polar surface area (TPSA) is 90.0 Å². The Morgan fingerprint density at radius 2 is 2.33 bits per heavy atom. The van der Waals surface area contributed by atoms with Crippen molar-refractivity contribution in [3.05, 3.63) is 12.5 Å². The number of aromatic nitrogens is 2. The van der Waals surface area contributed by atoms with E-state index in [-0.39, 0.29) is 17.0 Å². The van der Waals surface area contributed by atoms with E-state index in [2.05, 4.69) is 9.71 Å². The largest absolute Gasteiger partial charge is 0.393 e. The highest BCUT2D eigenvalue weighted by molar-refractivity contribution is 7.89. The van der Waals surface area contributed by atoms with Gasteiger partial charge in [-0.3, -0.25) is 0 Å². The summed E-state index contributed by atoms with van der Waals surface area (Å²) < 4.78 is 28.4. The molecule has 18 heavy (non-hydrogen) atoms. The lowest BCUT2D eigenvalue weighted by molar-refractivity contribution is 0.523. The van der Waals surface area contributed by atoms with Gasteiger partial charge in [0.25, 0.3) is 10.0 Å². The molecule has 0 radical (unpaired) electrons. The van der Waals surface area contributed by atoms with E-state index in [1.807, 2.05) is 0 Å². The summed E-state index contributed by atoms with van der Waals surface area (Å²) in [7, 11) is -1.86. The van der Waals surface area contributed by atoms with Gasteiger partial charge in [0.2, 0.25) is 0 Å². The van der Waals surface area contributed by atoms with Crippen molar-refractivity contribution in [2.75, 3.05) is 0 Å². The predicted octanol–water partition coefficient (Wildman–Crippen LogP) is 0.153. The molecule has 1 fully saturated rings. The van der Waals surface area contributed by atoms with Crippen molar-refractivity contribution in [3.8, 4) is 0 Å². The van der Waals surface area contributed by atoms with Crippen LogP contribution in [0.25, 0.3) is 0 Å². The molecular weight excluding hydrogens is 272 g/mol. The Morgan fingerprint density at radius 3 is 2.89 bits per heavy atom. The molecule has 1 aliphatic carbocycles. The smallest absolute Gasteiger partial charge is 0.259 e. The van der Waals surface area contributed by atoms with Gasteiger partial charge in [-0.05, 0) is 12.8 Å². The minimum Gasteiger partial charge on any atom is -0.393 e. The molecule has 1 aliphatic rings. The Balaban J connectivity index is 2.16. The molecule has 0 aromatic carbocycles. The lowest BCUT2D eigenvalue weighted by atomic mass is 10.1. The third-order valence-electron chi connectivity index (χ3n) is 3.14. The van der Waals surface area contributed by atoms with Gasteiger partial charge in [-0.15, -0.1) is 0 Å². The molecular formula is C10H16N4O2S2. The van der Waals surface area contributed by atoms with Crippen LogP contribution < -0.4 is 10.5 Å². The number of sulfonamides is 1. The minimum absolute atomic E-state index is 0.0265. The minimum atomic E-state index is -3.59. The van der Waals surface area contributed by atoms with Gasteiger partial charge in [0.1, 0.15) is 0 Å². The van der Waals surface area contributed by atoms with Crippen LogP contribution in [0.15, 0.2) is 17.6 Å². The Kier molecular flexibility index (Phi) is 3.69. The van der Waals surface area contributed by atoms with Crippen molar-refractivity contribution in [3.63, 3.8) is 0 Å². The molecule has 0 aliphatic heterocycles. The van der Waals surface area contributed by atoms with Crippen LogP contribution in [-0.4, -0.2) is 29.0 Å². The summed E-state index contributed by atoms with van der Waals surface area (Å²) >= 11 is 4.97. The van der Waals surface area contributed by atoms with Crippen LogP contribution in [0.2, 0.25) is 0 Å². The van der Waals surface area contributed by atoms with Crippen molar-refractivity contribution in [2.24, 2.45) is 18.7 Å². The molecule has 8 heteroatoms. The standard InChI is InChI=1S/C10H16N4O2S2/c1-14-5-9(12-6-14)18(15,16)13-8-4-2-3-7(8)10(11)17/h5-8,13H,2-4H2,1H3,(H2,11,17). The zero-order valence-corrected chi connectivity index (χ0v) is 11.7. The summed E-state index contributed by atoms with van der Waals surface area (Å²) in [6, 6.07) is -0.213. The molecule has 2 atom stereocenters. The van der Waals surface area contributed by atoms with Crippen molar-refractivity contribution in [1.82, 2.24) is 14.3 Å². The first kappa shape index (κ1) is 13.4. The predicted molar refractivity (Wildman–Crippen MR) is 71.4 cm³/mol. The fraction of sp³-hybridized carbons (Fsp3) is 0.600. The number of nitrogens with one attached hydrogen (secondary N) is 1. The maximum atomic E-state index is 12.1. The van der Waals surface area contributed by atoms with Crippen molar-refractivity contribution in [1.29, 1.82) is 0 Å². The zero-order valence-electron chi connectivity index (χ0n) is 10.0. The Bertz CT molecular complexity index is 552. The third kappa shape index (κ3) is 2.70. The molecule has 6 nitrogen and oxygen atoms in total. The Labute approximate surface area is 112 Å². The van der Waals surface area contributed by atoms with E-state index in [4.69, 9.17) is 18.0 Å². The number of hydrogen-bond donors (Lipinski definition) is 2. The number of nitrogens with zero attached hydrogens (tertiary/aromatic N) is 2. The molecule has 3 N–H and O–H groups in total. The molecule has 2 rings (SSSR count). The zero-order chi connectivity index (χ0) is 13.3. The second-order valence-electron chi connectivity index (χ2n) is 4.54. The molecule has 1 aromatic heterocycles. The van der Waals surface area contributed by atoms with Crippen LogP contribution in [0.4, 0.5) is 0 Å². The number of aryl methyl sites for hydroxylation is 1. The van der Waals surface area contributed by atoms with E-state index in [1.165, 1.54) is 12.5 Å². The summed E-state index contributed by atoms with van der Waals surface area (Å²) in [6.07, 6.45) is 5.44. The molecule has 100 valence electrons. The average Bonchev–Trinajstić information content (AvgIpc) is 2.86. The Hall–Kier alpha value is -0.990. The first-order chi connectivity index (χ1) is 8.40. The summed E-state index contributed by atoms with van der Waals surface area (Å²) in [5, 5.41) is 0.0265. The summed E-state index contributed by atoms with van der Waals surface area (Å²) in [5.74, 6) is -0.0570. The highest BCUT2D eigenvalue weighted by atomic mass is 32.2. The van der Waals surface area contributed by atoms with Crippen LogP contribution in [0, 0.1) is 5.92 Å². The van der Waals surface area contributed by atoms with E-state index >= 15 is 0 Å². The maximum absolute atomic E-state index is 12.1. The van der Waals surface area contributed by atoms with Gasteiger partial charge in [-0.25, -0.2) is 18.1 Å². The van der Waals surface area contributed by atoms with Gasteiger partial charge in [0, 0.05) is 25.2 Å². The number of nitrogens with two attached hydrogens (primary N) is 1. The monoisotopic (exact) mass is 288 g/mol. The number of thiocarbonyl (C=S) groups is 1. The number of hydrogen-bond acceptors (Lipinski definition) is 4. The fourth-order valence-corrected chi connectivity index (χ4v) is 3.80. The van der Waals surface area contributed by atoms with E-state index in [0.29, 0.717) is 4.99 Å². The molecule has 2 unspecified atom stereocenters. The van der Waals surface area contributed by atoms with Crippen LogP contribution in [0.5, 0.6) is 0 Å². The maximum Gasteiger partial charge on any atom is 0.259 e. The summed E-state index contributed by atoms with van der Waals surface area (Å²) in [5.41, 5.74) is 5.63. The first-order valence-corrected chi connectivity index (χ1v) is 7.59. The molecule has 0 spiro atoms. The summed E-state index contributed by atoms with van der Waals surface area (Å²) in [6.45, 7) is 0. The van der Waals surface area contributed by atoms with Crippen molar-refractivity contribution < 1.29 is 8.42 Å². The van der Waals surface area contributed by atoms with Crippen molar-refractivity contribution >= 4 is 27.2 Å². The molecule has 0 bridgehead atoms. The number of rotatable bonds is 4. The van der Waals surface area contributed by atoms with E-state index in [9.17, 15) is 8.42 Å². The van der Waals surface area contributed by atoms with Crippen LogP contribution in [-0.2, 0) is 17.1 Å². The normalized spacial score (nSPS) is 24.3. The average molecular weight is 288 g/mol. The van der Waals surface area contributed by atoms with Crippen molar-refractivity contribution in [2.45, 2.75) is 30.3 Å². The first-order valence-electron chi connectivity index (χ1n) is 5.70. The molecule has 0 amide bonds. The van der Waals surface area contributed by atoms with Gasteiger partial charge < -0.3 is 10.3 Å². The SMILES string of the molecule is Cn1cnc(S(=O)(=O)NC2CCCC2C(N)=S)c1. The van der Waals surface area contributed by atoms with E-state index < -0.39 is 10.0 Å². The highest BCUT2D eigenvalue weighted by Gasteiger charge is 2.33. The van der Waals surface area contributed by atoms with Gasteiger partial charge in [0.15, 0.2) is 5.03 Å². The molecule has 1 aromatic rings. The van der Waals surface area contributed by atoms with E-state index in [1.54, 1.807) is 11.6 Å². The quantitative estimate of drug-likeness (QED) is 0.770. The van der Waals surface area contributed by atoms with Gasteiger partial charge >= 0.3 is 0 Å². The second kappa shape index (κ2) is 4.94. The lowest BCUT2D eigenvalue weighted by Gasteiger charge is -2.19. The van der Waals surface area contributed by atoms with E-state index in [0.717, 1.165) is 19.3 Å². The second-order valence-corrected chi connectivity index (χ2v) is 6.68. The molecule has 0 saturated heterocycles. The van der Waals surface area contributed by atoms with Gasteiger partial charge in [-0.1, -0.05) is 18.6 Å². The van der Waals surface area contributed by atoms with Gasteiger partial charge in [-0.2, -0.15) is 0 Å². The molecule has 1 heterocycles. The van der Waals surface area contributed by atoms with Crippen LogP contribution in [0.3, 0.4) is 0 Å². The highest BCUT2D eigenvalue weighted by Crippen LogP contribution is 2.27. The summed E-state index contributed by atoms with van der Waals surface area (Å²) in [4.78, 5) is 4.22. The van der Waals surface area contributed by atoms with Crippen LogP contribution >= 0.6 is 12.2 Å². The third-order valence-corrected chi connectivity index (χ3v) is 4.82. The van der Waals surface area contributed by atoms with Gasteiger partial charge in [0.05, 0.1) is 11.3 Å². The van der Waals surface area contributed by atoms with Crippen LogP contribution in [0.1, 0.15) is 19.3 Å². The number of imidazole rings is 1. The Morgan fingerprint density at radius 1 is 1.61 bits per heavy atom. The lowest BCUT2D eigenvalue weighted by Crippen LogP contribution is -2.41. The fourth-order valence-electron chi connectivity index (χ4n) is 2.23. The molecule has 1 saturated carbocycles.